The minimum atomic E-state index is -0.567. The average molecular weight is 368 g/mol. The number of halogens is 2. The second kappa shape index (κ2) is 6.92. The highest BCUT2D eigenvalue weighted by molar-refractivity contribution is 5.58. The molecule has 0 amide bonds. The van der Waals surface area contributed by atoms with Crippen LogP contribution in [0.25, 0.3) is 11.4 Å². The number of nitrogens with one attached hydrogen (secondary N) is 1. The third-order valence-electron chi connectivity index (χ3n) is 4.78. The van der Waals surface area contributed by atoms with Crippen LogP contribution in [0.4, 0.5) is 14.5 Å². The largest absolute Gasteiger partial charge is 0.399 e. The van der Waals surface area contributed by atoms with Gasteiger partial charge < -0.3 is 10.7 Å². The van der Waals surface area contributed by atoms with E-state index in [0.717, 1.165) is 5.56 Å². The summed E-state index contributed by atoms with van der Waals surface area (Å²) in [6.45, 7) is 1.02. The first-order valence-corrected chi connectivity index (χ1v) is 8.64. The Balaban J connectivity index is 1.63. The molecule has 5 nitrogen and oxygen atoms in total. The molecule has 138 valence electrons. The van der Waals surface area contributed by atoms with E-state index in [1.54, 1.807) is 24.3 Å². The number of nitrogens with zero attached hydrogens (tertiary/aromatic N) is 2. The molecule has 0 fully saturated rings. The molecule has 1 aromatic heterocycles. The molecule has 0 bridgehead atoms. The van der Waals surface area contributed by atoms with Crippen molar-refractivity contribution in [1.82, 2.24) is 14.9 Å². The van der Waals surface area contributed by atoms with Crippen LogP contribution in [0.1, 0.15) is 16.8 Å². The van der Waals surface area contributed by atoms with E-state index in [2.05, 4.69) is 9.97 Å². The fourth-order valence-corrected chi connectivity index (χ4v) is 3.31. The van der Waals surface area contributed by atoms with E-state index in [-0.39, 0.29) is 17.7 Å². The van der Waals surface area contributed by atoms with Crippen LogP contribution >= 0.6 is 0 Å². The van der Waals surface area contributed by atoms with Crippen molar-refractivity contribution >= 4 is 5.69 Å². The maximum atomic E-state index is 13.9. The van der Waals surface area contributed by atoms with Crippen molar-refractivity contribution in [3.8, 4) is 11.4 Å². The summed E-state index contributed by atoms with van der Waals surface area (Å²) in [5.74, 6) is -0.679. The number of hydrogen-bond acceptors (Lipinski definition) is 4. The Morgan fingerprint density at radius 2 is 1.81 bits per heavy atom. The van der Waals surface area contributed by atoms with E-state index in [0.29, 0.717) is 42.3 Å². The molecular formula is C20H18F2N4O. The second-order valence-electron chi connectivity index (χ2n) is 6.62. The van der Waals surface area contributed by atoms with E-state index >= 15 is 0 Å². The SMILES string of the molecule is Nc1ccc(-c2nc3c(c(=O)[nH]2)CCN(Cc2c(F)cccc2F)C3)cc1. The Labute approximate surface area is 154 Å². The van der Waals surface area contributed by atoms with Crippen molar-refractivity contribution in [3.63, 3.8) is 0 Å². The standard InChI is InChI=1S/C20H18F2N4O/c21-16-2-1-3-17(22)15(16)10-26-9-8-14-18(11-26)24-19(25-20(14)27)12-4-6-13(23)7-5-12/h1-7H,8-11,23H2,(H,24,25,27). The first-order valence-electron chi connectivity index (χ1n) is 8.64. The van der Waals surface area contributed by atoms with Crippen LogP contribution < -0.4 is 11.3 Å². The molecule has 0 saturated heterocycles. The number of anilines is 1. The average Bonchev–Trinajstić information content (AvgIpc) is 2.65. The lowest BCUT2D eigenvalue weighted by Gasteiger charge is -2.28. The van der Waals surface area contributed by atoms with Gasteiger partial charge in [0.05, 0.1) is 5.69 Å². The number of fused-ring (bicyclic) bond motifs is 1. The quantitative estimate of drug-likeness (QED) is 0.697. The third kappa shape index (κ3) is 3.46. The van der Waals surface area contributed by atoms with E-state index < -0.39 is 11.6 Å². The summed E-state index contributed by atoms with van der Waals surface area (Å²) < 4.78 is 27.9. The van der Waals surface area contributed by atoms with Crippen LogP contribution in [0.15, 0.2) is 47.3 Å². The monoisotopic (exact) mass is 368 g/mol. The van der Waals surface area contributed by atoms with Gasteiger partial charge >= 0.3 is 0 Å². The number of nitrogen functional groups attached to an aromatic ring is 1. The Morgan fingerprint density at radius 3 is 2.52 bits per heavy atom. The molecule has 4 rings (SSSR count). The van der Waals surface area contributed by atoms with Gasteiger partial charge in [-0.25, -0.2) is 13.8 Å². The van der Waals surface area contributed by atoms with Gasteiger partial charge in [-0.2, -0.15) is 0 Å². The highest BCUT2D eigenvalue weighted by Crippen LogP contribution is 2.22. The predicted molar refractivity (Wildman–Crippen MR) is 98.9 cm³/mol. The molecule has 0 radical (unpaired) electrons. The molecule has 2 aromatic carbocycles. The van der Waals surface area contributed by atoms with Crippen LogP contribution in [0.5, 0.6) is 0 Å². The zero-order valence-corrected chi connectivity index (χ0v) is 14.5. The zero-order valence-electron chi connectivity index (χ0n) is 14.5. The number of hydrogen-bond donors (Lipinski definition) is 2. The highest BCUT2D eigenvalue weighted by Gasteiger charge is 2.23. The van der Waals surface area contributed by atoms with Gasteiger partial charge in [-0.3, -0.25) is 9.69 Å². The fraction of sp³-hybridized carbons (Fsp3) is 0.200. The first kappa shape index (κ1) is 17.4. The molecule has 3 aromatic rings. The molecule has 0 aliphatic carbocycles. The van der Waals surface area contributed by atoms with Gasteiger partial charge in [0.25, 0.3) is 5.56 Å². The van der Waals surface area contributed by atoms with Crippen molar-refractivity contribution < 1.29 is 8.78 Å². The van der Waals surface area contributed by atoms with Crippen molar-refractivity contribution in [1.29, 1.82) is 0 Å². The maximum absolute atomic E-state index is 13.9. The van der Waals surface area contributed by atoms with Gasteiger partial charge in [-0.05, 0) is 42.8 Å². The molecule has 0 saturated carbocycles. The van der Waals surface area contributed by atoms with Crippen LogP contribution in [-0.4, -0.2) is 21.4 Å². The normalized spacial score (nSPS) is 14.1. The third-order valence-corrected chi connectivity index (χ3v) is 4.78. The number of benzene rings is 2. The highest BCUT2D eigenvalue weighted by atomic mass is 19.1. The Bertz CT molecular complexity index is 1030. The van der Waals surface area contributed by atoms with Gasteiger partial charge in [-0.15, -0.1) is 0 Å². The Kier molecular flexibility index (Phi) is 4.45. The Hall–Kier alpha value is -3.06. The molecule has 1 aliphatic rings. The van der Waals surface area contributed by atoms with E-state index in [9.17, 15) is 13.6 Å². The van der Waals surface area contributed by atoms with E-state index in [1.165, 1.54) is 18.2 Å². The number of H-pyrrole nitrogens is 1. The van der Waals surface area contributed by atoms with Crippen molar-refractivity contribution in [3.05, 3.63) is 81.3 Å². The smallest absolute Gasteiger partial charge is 0.254 e. The Morgan fingerprint density at radius 1 is 1.11 bits per heavy atom. The van der Waals surface area contributed by atoms with Crippen molar-refractivity contribution in [2.24, 2.45) is 0 Å². The minimum absolute atomic E-state index is 0.0320. The van der Waals surface area contributed by atoms with Crippen molar-refractivity contribution in [2.75, 3.05) is 12.3 Å². The molecule has 3 N–H and O–H groups in total. The van der Waals surface area contributed by atoms with Gasteiger partial charge in [0.2, 0.25) is 0 Å². The first-order chi connectivity index (χ1) is 13.0. The van der Waals surface area contributed by atoms with Crippen LogP contribution in [0.3, 0.4) is 0 Å². The summed E-state index contributed by atoms with van der Waals surface area (Å²) in [6.07, 6.45) is 0.482. The van der Waals surface area contributed by atoms with Gasteiger partial charge in [-0.1, -0.05) is 6.07 Å². The molecule has 7 heteroatoms. The lowest BCUT2D eigenvalue weighted by Crippen LogP contribution is -2.35. The zero-order chi connectivity index (χ0) is 19.0. The number of rotatable bonds is 3. The van der Waals surface area contributed by atoms with Gasteiger partial charge in [0, 0.05) is 42.0 Å². The number of aromatic amines is 1. The summed E-state index contributed by atoms with van der Waals surface area (Å²) >= 11 is 0. The molecule has 0 unspecified atom stereocenters. The molecular weight excluding hydrogens is 350 g/mol. The summed E-state index contributed by atoms with van der Waals surface area (Å²) in [6, 6.07) is 10.9. The lowest BCUT2D eigenvalue weighted by atomic mass is 10.0. The number of nitrogens with two attached hydrogens (primary N) is 1. The molecule has 1 aliphatic heterocycles. The summed E-state index contributed by atoms with van der Waals surface area (Å²) in [4.78, 5) is 21.7. The predicted octanol–water partition coefficient (Wildman–Crippen LogP) is 2.86. The second-order valence-corrected chi connectivity index (χ2v) is 6.62. The van der Waals surface area contributed by atoms with Crippen LogP contribution in [-0.2, 0) is 19.5 Å². The minimum Gasteiger partial charge on any atom is -0.399 e. The molecule has 0 atom stereocenters. The molecule has 27 heavy (non-hydrogen) atoms. The van der Waals surface area contributed by atoms with Gasteiger partial charge in [0.1, 0.15) is 17.5 Å². The topological polar surface area (TPSA) is 75.0 Å². The van der Waals surface area contributed by atoms with Crippen LogP contribution in [0, 0.1) is 11.6 Å². The molecule has 0 spiro atoms. The van der Waals surface area contributed by atoms with Gasteiger partial charge in [0.15, 0.2) is 0 Å². The van der Waals surface area contributed by atoms with E-state index in [4.69, 9.17) is 5.73 Å². The fourth-order valence-electron chi connectivity index (χ4n) is 3.31. The molecule has 2 heterocycles. The van der Waals surface area contributed by atoms with E-state index in [1.807, 2.05) is 4.90 Å². The maximum Gasteiger partial charge on any atom is 0.254 e. The number of aromatic nitrogens is 2. The summed E-state index contributed by atoms with van der Waals surface area (Å²) in [7, 11) is 0. The van der Waals surface area contributed by atoms with Crippen molar-refractivity contribution in [2.45, 2.75) is 19.5 Å². The summed E-state index contributed by atoms with van der Waals surface area (Å²) in [5.41, 5.74) is 8.19. The lowest BCUT2D eigenvalue weighted by molar-refractivity contribution is 0.233. The van der Waals surface area contributed by atoms with Crippen LogP contribution in [0.2, 0.25) is 0 Å². The summed E-state index contributed by atoms with van der Waals surface area (Å²) in [5, 5.41) is 0.